The number of halogens is 4. The van der Waals surface area contributed by atoms with Crippen LogP contribution < -0.4 is 10.6 Å². The molecule has 1 amide bonds. The molecule has 0 aliphatic rings. The van der Waals surface area contributed by atoms with Crippen LogP contribution in [-0.2, 0) is 22.6 Å². The van der Waals surface area contributed by atoms with Gasteiger partial charge in [0.1, 0.15) is 0 Å². The second-order valence-corrected chi connectivity index (χ2v) is 11.3. The molecular formula is C25H19ClF3N3O3S2. The summed E-state index contributed by atoms with van der Waals surface area (Å²) in [6.45, 7) is 0.172. The van der Waals surface area contributed by atoms with Crippen molar-refractivity contribution in [2.24, 2.45) is 0 Å². The monoisotopic (exact) mass is 565 g/mol. The lowest BCUT2D eigenvalue weighted by Gasteiger charge is -2.09. The summed E-state index contributed by atoms with van der Waals surface area (Å²) < 4.78 is 62.1. The van der Waals surface area contributed by atoms with Gasteiger partial charge in [-0.2, -0.15) is 13.2 Å². The molecule has 12 heteroatoms. The molecule has 0 saturated carbocycles. The highest BCUT2D eigenvalue weighted by atomic mass is 35.5. The summed E-state index contributed by atoms with van der Waals surface area (Å²) in [6, 6.07) is 15.9. The zero-order chi connectivity index (χ0) is 26.8. The summed E-state index contributed by atoms with van der Waals surface area (Å²) >= 11 is 7.43. The third kappa shape index (κ3) is 6.68. The maximum absolute atomic E-state index is 12.9. The third-order valence-electron chi connectivity index (χ3n) is 5.23. The van der Waals surface area contributed by atoms with Crippen molar-refractivity contribution < 1.29 is 26.4 Å². The van der Waals surface area contributed by atoms with Gasteiger partial charge in [0.05, 0.1) is 26.7 Å². The maximum atomic E-state index is 12.9. The minimum Gasteiger partial charge on any atom is -0.357 e. The molecule has 0 unspecified atom stereocenters. The van der Waals surface area contributed by atoms with E-state index in [9.17, 15) is 26.4 Å². The minimum absolute atomic E-state index is 0.00701. The van der Waals surface area contributed by atoms with Crippen LogP contribution in [-0.4, -0.2) is 25.6 Å². The van der Waals surface area contributed by atoms with Gasteiger partial charge >= 0.3 is 6.18 Å². The van der Waals surface area contributed by atoms with Crippen LogP contribution in [0, 0.1) is 0 Å². The first-order valence-electron chi connectivity index (χ1n) is 10.7. The number of aromatic nitrogens is 1. The van der Waals surface area contributed by atoms with E-state index in [0.29, 0.717) is 27.6 Å². The van der Waals surface area contributed by atoms with Crippen LogP contribution in [0.15, 0.2) is 77.0 Å². The lowest BCUT2D eigenvalue weighted by atomic mass is 10.1. The fourth-order valence-corrected chi connectivity index (χ4v) is 5.08. The van der Waals surface area contributed by atoms with E-state index in [1.54, 1.807) is 35.7 Å². The fourth-order valence-electron chi connectivity index (χ4n) is 3.39. The van der Waals surface area contributed by atoms with Gasteiger partial charge in [0.25, 0.3) is 5.91 Å². The number of anilines is 2. The van der Waals surface area contributed by atoms with E-state index in [1.165, 1.54) is 35.6 Å². The lowest BCUT2D eigenvalue weighted by molar-refractivity contribution is -0.137. The number of alkyl halides is 3. The molecular weight excluding hydrogens is 547 g/mol. The zero-order valence-corrected chi connectivity index (χ0v) is 21.5. The Morgan fingerprint density at radius 2 is 1.81 bits per heavy atom. The van der Waals surface area contributed by atoms with E-state index in [2.05, 4.69) is 15.6 Å². The van der Waals surface area contributed by atoms with E-state index in [1.807, 2.05) is 0 Å². The predicted molar refractivity (Wildman–Crippen MR) is 139 cm³/mol. The van der Waals surface area contributed by atoms with Gasteiger partial charge < -0.3 is 10.6 Å². The van der Waals surface area contributed by atoms with Crippen molar-refractivity contribution >= 4 is 49.5 Å². The van der Waals surface area contributed by atoms with Crippen molar-refractivity contribution in [1.82, 2.24) is 4.98 Å². The molecule has 4 rings (SSSR count). The summed E-state index contributed by atoms with van der Waals surface area (Å²) in [6.07, 6.45) is -3.36. The van der Waals surface area contributed by atoms with E-state index < -0.39 is 27.5 Å². The van der Waals surface area contributed by atoms with Gasteiger partial charge in [-0.3, -0.25) is 4.79 Å². The number of nitrogens with one attached hydrogen (secondary N) is 2. The first-order chi connectivity index (χ1) is 17.4. The average Bonchev–Trinajstić information content (AvgIpc) is 3.31. The highest BCUT2D eigenvalue weighted by Gasteiger charge is 2.30. The molecule has 6 nitrogen and oxygen atoms in total. The Bertz CT molecular complexity index is 1570. The molecule has 1 heterocycles. The summed E-state index contributed by atoms with van der Waals surface area (Å²) in [4.78, 5) is 17.2. The van der Waals surface area contributed by atoms with E-state index in [4.69, 9.17) is 11.6 Å². The van der Waals surface area contributed by atoms with E-state index >= 15 is 0 Å². The number of benzene rings is 3. The van der Waals surface area contributed by atoms with Crippen LogP contribution in [0.2, 0.25) is 5.02 Å². The summed E-state index contributed by atoms with van der Waals surface area (Å²) in [5.41, 5.74) is 1.67. The average molecular weight is 566 g/mol. The predicted octanol–water partition coefficient (Wildman–Crippen LogP) is 6.75. The number of hydrogen-bond acceptors (Lipinski definition) is 6. The Kier molecular flexibility index (Phi) is 7.58. The van der Waals surface area contributed by atoms with Gasteiger partial charge in [-0.05, 0) is 48.0 Å². The van der Waals surface area contributed by atoms with Crippen LogP contribution in [0.25, 0.3) is 11.3 Å². The summed E-state index contributed by atoms with van der Waals surface area (Å²) in [7, 11) is -3.46. The smallest absolute Gasteiger partial charge is 0.357 e. The first kappa shape index (κ1) is 26.6. The Morgan fingerprint density at radius 3 is 2.51 bits per heavy atom. The van der Waals surface area contributed by atoms with E-state index in [-0.39, 0.29) is 22.0 Å². The van der Waals surface area contributed by atoms with Crippen LogP contribution in [0.3, 0.4) is 0 Å². The number of hydrogen-bond donors (Lipinski definition) is 2. The Hall–Kier alpha value is -3.41. The van der Waals surface area contributed by atoms with Crippen molar-refractivity contribution in [2.45, 2.75) is 17.6 Å². The molecule has 0 bridgehead atoms. The second-order valence-electron chi connectivity index (χ2n) is 8.04. The lowest BCUT2D eigenvalue weighted by Crippen LogP contribution is -2.13. The number of carbonyl (C=O) groups excluding carboxylic acids is 1. The van der Waals surface area contributed by atoms with Crippen LogP contribution >= 0.6 is 22.9 Å². The molecule has 0 aliphatic carbocycles. The molecule has 3 aromatic carbocycles. The quantitative estimate of drug-likeness (QED) is 0.259. The van der Waals surface area contributed by atoms with Gasteiger partial charge in [0.2, 0.25) is 0 Å². The van der Waals surface area contributed by atoms with Gasteiger partial charge in [0.15, 0.2) is 15.0 Å². The minimum atomic E-state index is -4.41. The molecule has 0 saturated heterocycles. The zero-order valence-electron chi connectivity index (χ0n) is 19.1. The van der Waals surface area contributed by atoms with Crippen molar-refractivity contribution in [3.63, 3.8) is 0 Å². The fraction of sp³-hybridized carbons (Fsp3) is 0.120. The maximum Gasteiger partial charge on any atom is 0.416 e. The van der Waals surface area contributed by atoms with Gasteiger partial charge in [-0.15, -0.1) is 11.3 Å². The second kappa shape index (κ2) is 10.5. The normalized spacial score (nSPS) is 11.8. The number of amides is 1. The van der Waals surface area contributed by atoms with Crippen molar-refractivity contribution in [2.75, 3.05) is 16.9 Å². The first-order valence-corrected chi connectivity index (χ1v) is 13.8. The highest BCUT2D eigenvalue weighted by Crippen LogP contribution is 2.31. The van der Waals surface area contributed by atoms with Gasteiger partial charge in [-0.25, -0.2) is 13.4 Å². The van der Waals surface area contributed by atoms with Crippen molar-refractivity contribution in [3.05, 3.63) is 93.8 Å². The number of rotatable bonds is 7. The molecule has 192 valence electrons. The molecule has 0 fully saturated rings. The van der Waals surface area contributed by atoms with Crippen LogP contribution in [0.4, 0.5) is 24.0 Å². The molecule has 2 N–H and O–H groups in total. The molecule has 0 atom stereocenters. The highest BCUT2D eigenvalue weighted by molar-refractivity contribution is 7.90. The van der Waals surface area contributed by atoms with Crippen molar-refractivity contribution in [3.8, 4) is 11.3 Å². The summed E-state index contributed by atoms with van der Waals surface area (Å²) in [5, 5.41) is 8.09. The standard InChI is InChI=1S/C25H19ClF3N3O3S2/c1-37(34,35)19-8-9-20(21(26)12-19)23(33)31-18-7-3-5-16(11-18)22-14-36-24(32-22)30-13-15-4-2-6-17(10-15)25(27,28)29/h2-12,14H,13H2,1H3,(H,30,32)(H,31,33). The topological polar surface area (TPSA) is 88.2 Å². The number of nitrogens with zero attached hydrogens (tertiary/aromatic N) is 1. The molecule has 0 aliphatic heterocycles. The molecule has 4 aromatic rings. The molecule has 1 aromatic heterocycles. The Morgan fingerprint density at radius 1 is 1.05 bits per heavy atom. The molecule has 0 spiro atoms. The summed E-state index contributed by atoms with van der Waals surface area (Å²) in [5.74, 6) is -0.510. The van der Waals surface area contributed by atoms with Gasteiger partial charge in [0, 0.05) is 29.4 Å². The SMILES string of the molecule is CS(=O)(=O)c1ccc(C(=O)Nc2cccc(-c3csc(NCc4cccc(C(F)(F)F)c4)n3)c2)c(Cl)c1. The van der Waals surface area contributed by atoms with E-state index in [0.717, 1.165) is 18.4 Å². The Balaban J connectivity index is 1.44. The molecule has 0 radical (unpaired) electrons. The number of carbonyl (C=O) groups is 1. The third-order valence-corrected chi connectivity index (χ3v) is 7.45. The van der Waals surface area contributed by atoms with Crippen LogP contribution in [0.1, 0.15) is 21.5 Å². The van der Waals surface area contributed by atoms with Crippen molar-refractivity contribution in [1.29, 1.82) is 0 Å². The molecule has 37 heavy (non-hydrogen) atoms. The number of sulfone groups is 1. The Labute approximate surface area is 220 Å². The van der Waals surface area contributed by atoms with Crippen LogP contribution in [0.5, 0.6) is 0 Å². The van der Waals surface area contributed by atoms with Gasteiger partial charge in [-0.1, -0.05) is 35.9 Å². The number of thiazole rings is 1. The largest absolute Gasteiger partial charge is 0.416 e.